The number of amides is 2. The molecule has 0 aliphatic heterocycles. The van der Waals surface area contributed by atoms with Crippen LogP contribution in [0.3, 0.4) is 0 Å². The minimum absolute atomic E-state index is 0.241. The maximum atomic E-state index is 12.0. The summed E-state index contributed by atoms with van der Waals surface area (Å²) in [6, 6.07) is 13.6. The zero-order chi connectivity index (χ0) is 21.1. The van der Waals surface area contributed by atoms with Gasteiger partial charge in [-0.05, 0) is 24.3 Å². The number of para-hydroxylation sites is 1. The molecule has 0 saturated heterocycles. The second-order valence-electron chi connectivity index (χ2n) is 5.65. The van der Waals surface area contributed by atoms with Crippen LogP contribution >= 0.6 is 0 Å². The van der Waals surface area contributed by atoms with Gasteiger partial charge in [-0.3, -0.25) is 14.4 Å². The van der Waals surface area contributed by atoms with E-state index < -0.39 is 24.4 Å². The Kier molecular flexibility index (Phi) is 8.30. The molecular weight excluding hydrogens is 380 g/mol. The van der Waals surface area contributed by atoms with E-state index in [-0.39, 0.29) is 13.2 Å². The molecular formula is C20H22N2O7. The van der Waals surface area contributed by atoms with Gasteiger partial charge in [-0.1, -0.05) is 18.2 Å². The molecule has 0 saturated carbocycles. The van der Waals surface area contributed by atoms with Crippen LogP contribution in [0.2, 0.25) is 0 Å². The van der Waals surface area contributed by atoms with Gasteiger partial charge in [0.2, 0.25) is 0 Å². The van der Waals surface area contributed by atoms with Gasteiger partial charge in [0.15, 0.2) is 13.2 Å². The molecule has 29 heavy (non-hydrogen) atoms. The van der Waals surface area contributed by atoms with Gasteiger partial charge in [0, 0.05) is 6.07 Å². The number of methoxy groups -OCH3 is 2. The Labute approximate surface area is 167 Å². The molecule has 0 aliphatic rings. The Hall–Kier alpha value is -3.75. The highest BCUT2D eigenvalue weighted by Crippen LogP contribution is 2.28. The van der Waals surface area contributed by atoms with Crippen molar-refractivity contribution in [3.05, 3.63) is 48.5 Å². The molecule has 0 aliphatic carbocycles. The topological polar surface area (TPSA) is 112 Å². The molecule has 0 atom stereocenters. The summed E-state index contributed by atoms with van der Waals surface area (Å²) >= 11 is 0. The first-order chi connectivity index (χ1) is 14.0. The number of hydrogen-bond donors (Lipinski definition) is 2. The van der Waals surface area contributed by atoms with Crippen LogP contribution in [0.5, 0.6) is 17.2 Å². The van der Waals surface area contributed by atoms with E-state index in [2.05, 4.69) is 10.6 Å². The van der Waals surface area contributed by atoms with Crippen LogP contribution in [0.1, 0.15) is 0 Å². The maximum absolute atomic E-state index is 12.0. The average molecular weight is 402 g/mol. The van der Waals surface area contributed by atoms with Gasteiger partial charge in [-0.25, -0.2) is 0 Å². The number of rotatable bonds is 10. The third-order valence-electron chi connectivity index (χ3n) is 3.59. The Morgan fingerprint density at radius 1 is 0.862 bits per heavy atom. The molecule has 0 heterocycles. The summed E-state index contributed by atoms with van der Waals surface area (Å²) in [5.41, 5.74) is 0.403. The summed E-state index contributed by atoms with van der Waals surface area (Å²) in [5.74, 6) is -0.294. The quantitative estimate of drug-likeness (QED) is 0.578. The molecule has 9 heteroatoms. The Balaban J connectivity index is 1.69. The Bertz CT molecular complexity index is 840. The summed E-state index contributed by atoms with van der Waals surface area (Å²) < 4.78 is 20.3. The number of ether oxygens (including phenoxy) is 4. The van der Waals surface area contributed by atoms with Crippen molar-refractivity contribution in [2.75, 3.05) is 39.3 Å². The zero-order valence-electron chi connectivity index (χ0n) is 16.1. The lowest BCUT2D eigenvalue weighted by Gasteiger charge is -2.12. The van der Waals surface area contributed by atoms with Crippen molar-refractivity contribution in [2.45, 2.75) is 0 Å². The smallest absolute Gasteiger partial charge is 0.325 e. The predicted octanol–water partition coefficient (Wildman–Crippen LogP) is 1.38. The first-order valence-electron chi connectivity index (χ1n) is 8.64. The van der Waals surface area contributed by atoms with Crippen molar-refractivity contribution in [2.24, 2.45) is 0 Å². The van der Waals surface area contributed by atoms with Crippen LogP contribution in [0.25, 0.3) is 0 Å². The third kappa shape index (κ3) is 7.41. The highest BCUT2D eigenvalue weighted by molar-refractivity contribution is 5.94. The van der Waals surface area contributed by atoms with Gasteiger partial charge in [-0.2, -0.15) is 0 Å². The van der Waals surface area contributed by atoms with Crippen molar-refractivity contribution in [1.29, 1.82) is 0 Å². The maximum Gasteiger partial charge on any atom is 0.325 e. The Morgan fingerprint density at radius 2 is 1.62 bits per heavy atom. The van der Waals surface area contributed by atoms with E-state index in [1.54, 1.807) is 42.5 Å². The molecule has 154 valence electrons. The number of anilines is 1. The number of carbonyl (C=O) groups excluding carboxylic acids is 3. The summed E-state index contributed by atoms with van der Waals surface area (Å²) in [6.07, 6.45) is 0. The fraction of sp³-hybridized carbons (Fsp3) is 0.250. The molecule has 0 unspecified atom stereocenters. The van der Waals surface area contributed by atoms with Crippen LogP contribution in [-0.2, 0) is 19.1 Å². The van der Waals surface area contributed by atoms with Gasteiger partial charge in [0.05, 0.1) is 19.9 Å². The van der Waals surface area contributed by atoms with Crippen molar-refractivity contribution < 1.29 is 33.3 Å². The molecule has 0 radical (unpaired) electrons. The van der Waals surface area contributed by atoms with Gasteiger partial charge < -0.3 is 29.6 Å². The van der Waals surface area contributed by atoms with E-state index in [0.717, 1.165) is 0 Å². The highest BCUT2D eigenvalue weighted by atomic mass is 16.5. The molecule has 2 N–H and O–H groups in total. The summed E-state index contributed by atoms with van der Waals surface area (Å²) in [5, 5.41) is 4.92. The highest BCUT2D eigenvalue weighted by Gasteiger charge is 2.12. The average Bonchev–Trinajstić information content (AvgIpc) is 2.75. The third-order valence-corrected chi connectivity index (χ3v) is 3.59. The van der Waals surface area contributed by atoms with Crippen LogP contribution in [0.15, 0.2) is 48.5 Å². The van der Waals surface area contributed by atoms with Gasteiger partial charge in [0.1, 0.15) is 23.8 Å². The second-order valence-corrected chi connectivity index (χ2v) is 5.65. The van der Waals surface area contributed by atoms with Crippen LogP contribution in [-0.4, -0.2) is 51.8 Å². The summed E-state index contributed by atoms with van der Waals surface area (Å²) in [4.78, 5) is 35.3. The van der Waals surface area contributed by atoms with E-state index in [0.29, 0.717) is 22.9 Å². The van der Waals surface area contributed by atoms with E-state index in [1.165, 1.54) is 14.2 Å². The molecule has 9 nitrogen and oxygen atoms in total. The van der Waals surface area contributed by atoms with Gasteiger partial charge >= 0.3 is 5.97 Å². The molecule has 2 aromatic rings. The van der Waals surface area contributed by atoms with Crippen LogP contribution < -0.4 is 24.8 Å². The van der Waals surface area contributed by atoms with Crippen LogP contribution in [0.4, 0.5) is 5.69 Å². The summed E-state index contributed by atoms with van der Waals surface area (Å²) in [6.45, 7) is -1.13. The van der Waals surface area contributed by atoms with E-state index in [1.807, 2.05) is 6.07 Å². The standard InChI is InChI=1S/C20H22N2O7/c1-26-15-8-9-16(17(10-15)27-2)22-19(24)13-29-20(25)11-21-18(23)12-28-14-6-4-3-5-7-14/h3-10H,11-13H2,1-2H3,(H,21,23)(H,22,24). The summed E-state index contributed by atoms with van der Waals surface area (Å²) in [7, 11) is 2.97. The number of benzene rings is 2. The van der Waals surface area contributed by atoms with Crippen molar-refractivity contribution in [1.82, 2.24) is 5.32 Å². The molecule has 0 spiro atoms. The number of carbonyl (C=O) groups is 3. The molecule has 0 bridgehead atoms. The minimum atomic E-state index is -0.755. The molecule has 2 rings (SSSR count). The number of hydrogen-bond acceptors (Lipinski definition) is 7. The first kappa shape index (κ1) is 21.5. The predicted molar refractivity (Wildman–Crippen MR) is 104 cm³/mol. The Morgan fingerprint density at radius 3 is 2.31 bits per heavy atom. The number of esters is 1. The van der Waals surface area contributed by atoms with Crippen molar-refractivity contribution >= 4 is 23.5 Å². The van der Waals surface area contributed by atoms with Crippen LogP contribution in [0, 0.1) is 0 Å². The minimum Gasteiger partial charge on any atom is -0.497 e. The first-order valence-corrected chi connectivity index (χ1v) is 8.64. The van der Waals surface area contributed by atoms with Crippen molar-refractivity contribution in [3.63, 3.8) is 0 Å². The van der Waals surface area contributed by atoms with E-state index in [9.17, 15) is 14.4 Å². The number of nitrogens with one attached hydrogen (secondary N) is 2. The van der Waals surface area contributed by atoms with Gasteiger partial charge in [-0.15, -0.1) is 0 Å². The molecule has 0 aromatic heterocycles. The normalized spacial score (nSPS) is 9.86. The second kappa shape index (κ2) is 11.2. The monoisotopic (exact) mass is 402 g/mol. The largest absolute Gasteiger partial charge is 0.497 e. The lowest BCUT2D eigenvalue weighted by atomic mass is 10.2. The SMILES string of the molecule is COc1ccc(NC(=O)COC(=O)CNC(=O)COc2ccccc2)c(OC)c1. The zero-order valence-corrected chi connectivity index (χ0v) is 16.1. The molecule has 2 aromatic carbocycles. The lowest BCUT2D eigenvalue weighted by Crippen LogP contribution is -2.35. The molecule has 2 amide bonds. The van der Waals surface area contributed by atoms with E-state index >= 15 is 0 Å². The fourth-order valence-electron chi connectivity index (χ4n) is 2.17. The fourth-order valence-corrected chi connectivity index (χ4v) is 2.17. The van der Waals surface area contributed by atoms with E-state index in [4.69, 9.17) is 18.9 Å². The van der Waals surface area contributed by atoms with Gasteiger partial charge in [0.25, 0.3) is 11.8 Å². The lowest BCUT2D eigenvalue weighted by molar-refractivity contribution is -0.147. The molecule has 0 fully saturated rings. The van der Waals surface area contributed by atoms with Crippen molar-refractivity contribution in [3.8, 4) is 17.2 Å².